The Labute approximate surface area is 144 Å². The van der Waals surface area contributed by atoms with E-state index in [2.05, 4.69) is 10.1 Å². The Morgan fingerprint density at radius 2 is 1.92 bits per heavy atom. The van der Waals surface area contributed by atoms with Gasteiger partial charge < -0.3 is 10.5 Å². The predicted molar refractivity (Wildman–Crippen MR) is 90.9 cm³/mol. The van der Waals surface area contributed by atoms with Crippen LogP contribution in [0, 0.1) is 0 Å². The number of nitrogens with two attached hydrogens (primary N) is 1. The van der Waals surface area contributed by atoms with Gasteiger partial charge in [0.2, 0.25) is 0 Å². The highest BCUT2D eigenvalue weighted by molar-refractivity contribution is 5.97. The number of ether oxygens (including phenoxy) is 1. The lowest BCUT2D eigenvalue weighted by Gasteiger charge is -2.09. The molecule has 1 aromatic carbocycles. The number of hydrogen-bond donors (Lipinski definition) is 1. The molecule has 25 heavy (non-hydrogen) atoms. The quantitative estimate of drug-likeness (QED) is 0.718. The Kier molecular flexibility index (Phi) is 4.56. The number of amides is 1. The van der Waals surface area contributed by atoms with E-state index in [-0.39, 0.29) is 5.56 Å². The zero-order chi connectivity index (χ0) is 17.8. The summed E-state index contributed by atoms with van der Waals surface area (Å²) in [5, 5.41) is 4.48. The van der Waals surface area contributed by atoms with Gasteiger partial charge in [-0.1, -0.05) is 18.2 Å². The summed E-state index contributed by atoms with van der Waals surface area (Å²) in [6.07, 6.45) is 3.76. The van der Waals surface area contributed by atoms with Crippen molar-refractivity contribution in [3.05, 3.63) is 66.6 Å². The SMILES string of the molecule is C[C@@H](OC(=O)c1cn(-c2ccccc2)nc1-c1cccnc1)C(N)=O. The van der Waals surface area contributed by atoms with Crippen molar-refractivity contribution in [3.8, 4) is 16.9 Å². The van der Waals surface area contributed by atoms with Gasteiger partial charge >= 0.3 is 5.97 Å². The van der Waals surface area contributed by atoms with E-state index < -0.39 is 18.0 Å². The molecule has 7 nitrogen and oxygen atoms in total. The number of aromatic nitrogens is 3. The average Bonchev–Trinajstić information content (AvgIpc) is 3.08. The molecule has 7 heteroatoms. The molecular formula is C18H16N4O3. The van der Waals surface area contributed by atoms with Crippen molar-refractivity contribution in [1.29, 1.82) is 0 Å². The summed E-state index contributed by atoms with van der Waals surface area (Å²) in [4.78, 5) is 27.7. The van der Waals surface area contributed by atoms with Crippen LogP contribution in [-0.4, -0.2) is 32.7 Å². The maximum absolute atomic E-state index is 12.5. The first-order valence-corrected chi connectivity index (χ1v) is 7.62. The van der Waals surface area contributed by atoms with Crippen molar-refractivity contribution in [2.75, 3.05) is 0 Å². The normalized spacial score (nSPS) is 11.7. The van der Waals surface area contributed by atoms with Crippen LogP contribution in [0.3, 0.4) is 0 Å². The van der Waals surface area contributed by atoms with Gasteiger partial charge in [0.1, 0.15) is 11.3 Å². The molecule has 0 aliphatic rings. The fourth-order valence-corrected chi connectivity index (χ4v) is 2.23. The Bertz CT molecular complexity index is 891. The summed E-state index contributed by atoms with van der Waals surface area (Å²) in [5.74, 6) is -1.39. The van der Waals surface area contributed by atoms with Gasteiger partial charge in [0.05, 0.1) is 5.69 Å². The standard InChI is InChI=1S/C18H16N4O3/c1-12(17(19)23)25-18(24)15-11-22(14-7-3-2-4-8-14)21-16(15)13-6-5-9-20-10-13/h2-12H,1H3,(H2,19,23)/t12-/m1/s1. The van der Waals surface area contributed by atoms with Crippen LogP contribution in [0.4, 0.5) is 0 Å². The molecule has 2 heterocycles. The number of carbonyl (C=O) groups excluding carboxylic acids is 2. The van der Waals surface area contributed by atoms with Crippen molar-refractivity contribution in [3.63, 3.8) is 0 Å². The number of nitrogens with zero attached hydrogens (tertiary/aromatic N) is 3. The molecule has 1 amide bonds. The van der Waals surface area contributed by atoms with E-state index in [4.69, 9.17) is 10.5 Å². The zero-order valence-electron chi connectivity index (χ0n) is 13.5. The summed E-state index contributed by atoms with van der Waals surface area (Å²) in [7, 11) is 0. The van der Waals surface area contributed by atoms with Gasteiger partial charge in [-0.25, -0.2) is 9.48 Å². The van der Waals surface area contributed by atoms with Crippen LogP contribution in [0.5, 0.6) is 0 Å². The highest BCUT2D eigenvalue weighted by Gasteiger charge is 2.23. The van der Waals surface area contributed by atoms with E-state index >= 15 is 0 Å². The fraction of sp³-hybridized carbons (Fsp3) is 0.111. The van der Waals surface area contributed by atoms with Gasteiger partial charge in [-0.2, -0.15) is 5.10 Å². The van der Waals surface area contributed by atoms with Crippen LogP contribution in [0.1, 0.15) is 17.3 Å². The lowest BCUT2D eigenvalue weighted by atomic mass is 10.1. The monoisotopic (exact) mass is 336 g/mol. The minimum atomic E-state index is -1.03. The van der Waals surface area contributed by atoms with Crippen molar-refractivity contribution in [1.82, 2.24) is 14.8 Å². The van der Waals surface area contributed by atoms with Crippen LogP contribution >= 0.6 is 0 Å². The number of esters is 1. The van der Waals surface area contributed by atoms with Crippen molar-refractivity contribution >= 4 is 11.9 Å². The van der Waals surface area contributed by atoms with Crippen LogP contribution < -0.4 is 5.73 Å². The highest BCUT2D eigenvalue weighted by atomic mass is 16.5. The molecule has 126 valence electrons. The van der Waals surface area contributed by atoms with E-state index in [0.717, 1.165) is 5.69 Å². The van der Waals surface area contributed by atoms with Crippen LogP contribution in [0.25, 0.3) is 16.9 Å². The molecule has 0 aliphatic heterocycles. The first kappa shape index (κ1) is 16.4. The van der Waals surface area contributed by atoms with Gasteiger partial charge in [0, 0.05) is 24.2 Å². The number of benzene rings is 1. The highest BCUT2D eigenvalue weighted by Crippen LogP contribution is 2.24. The number of hydrogen-bond acceptors (Lipinski definition) is 5. The van der Waals surface area contributed by atoms with Crippen LogP contribution in [0.15, 0.2) is 61.1 Å². The maximum Gasteiger partial charge on any atom is 0.342 e. The number of rotatable bonds is 5. The molecule has 0 aliphatic carbocycles. The second-order valence-electron chi connectivity index (χ2n) is 5.36. The maximum atomic E-state index is 12.5. The number of carbonyl (C=O) groups is 2. The molecule has 3 aromatic rings. The lowest BCUT2D eigenvalue weighted by molar-refractivity contribution is -0.125. The largest absolute Gasteiger partial charge is 0.449 e. The Balaban J connectivity index is 2.05. The van der Waals surface area contributed by atoms with Gasteiger partial charge in [-0.3, -0.25) is 9.78 Å². The van der Waals surface area contributed by atoms with Crippen LogP contribution in [-0.2, 0) is 9.53 Å². The molecule has 0 saturated heterocycles. The number of primary amides is 1. The summed E-state index contributed by atoms with van der Waals surface area (Å²) < 4.78 is 6.70. The van der Waals surface area contributed by atoms with Gasteiger partial charge in [-0.05, 0) is 31.2 Å². The smallest absolute Gasteiger partial charge is 0.342 e. The minimum Gasteiger partial charge on any atom is -0.449 e. The topological polar surface area (TPSA) is 100 Å². The summed E-state index contributed by atoms with van der Waals surface area (Å²) >= 11 is 0. The van der Waals surface area contributed by atoms with Crippen LogP contribution in [0.2, 0.25) is 0 Å². The molecule has 0 unspecified atom stereocenters. The molecule has 0 saturated carbocycles. The molecule has 2 N–H and O–H groups in total. The van der Waals surface area contributed by atoms with Gasteiger partial charge in [0.15, 0.2) is 6.10 Å². The second kappa shape index (κ2) is 6.96. The van der Waals surface area contributed by atoms with E-state index in [9.17, 15) is 9.59 Å². The lowest BCUT2D eigenvalue weighted by Crippen LogP contribution is -2.30. The molecular weight excluding hydrogens is 320 g/mol. The predicted octanol–water partition coefficient (Wildman–Crippen LogP) is 1.96. The second-order valence-corrected chi connectivity index (χ2v) is 5.36. The molecule has 0 spiro atoms. The third-order valence-electron chi connectivity index (χ3n) is 3.57. The Hall–Kier alpha value is -3.48. The molecule has 3 rings (SSSR count). The van der Waals surface area contributed by atoms with E-state index in [0.29, 0.717) is 11.3 Å². The first-order valence-electron chi connectivity index (χ1n) is 7.62. The van der Waals surface area contributed by atoms with Gasteiger partial charge in [0.25, 0.3) is 5.91 Å². The Morgan fingerprint density at radius 3 is 2.56 bits per heavy atom. The van der Waals surface area contributed by atoms with E-state index in [1.54, 1.807) is 35.4 Å². The number of pyridine rings is 1. The average molecular weight is 336 g/mol. The summed E-state index contributed by atoms with van der Waals surface area (Å²) in [6, 6.07) is 12.9. The van der Waals surface area contributed by atoms with E-state index in [1.165, 1.54) is 6.92 Å². The fourth-order valence-electron chi connectivity index (χ4n) is 2.23. The van der Waals surface area contributed by atoms with Crippen molar-refractivity contribution in [2.45, 2.75) is 13.0 Å². The molecule has 0 bridgehead atoms. The molecule has 0 radical (unpaired) electrons. The molecule has 0 fully saturated rings. The summed E-state index contributed by atoms with van der Waals surface area (Å²) in [5.41, 5.74) is 7.25. The van der Waals surface area contributed by atoms with Crippen molar-refractivity contribution < 1.29 is 14.3 Å². The molecule has 2 aromatic heterocycles. The van der Waals surface area contributed by atoms with Gasteiger partial charge in [-0.15, -0.1) is 0 Å². The van der Waals surface area contributed by atoms with E-state index in [1.807, 2.05) is 30.3 Å². The third kappa shape index (κ3) is 3.55. The summed E-state index contributed by atoms with van der Waals surface area (Å²) in [6.45, 7) is 1.42. The number of para-hydroxylation sites is 1. The first-order chi connectivity index (χ1) is 12.1. The Morgan fingerprint density at radius 1 is 1.16 bits per heavy atom. The molecule has 1 atom stereocenters. The zero-order valence-corrected chi connectivity index (χ0v) is 13.5. The third-order valence-corrected chi connectivity index (χ3v) is 3.57. The van der Waals surface area contributed by atoms with Crippen molar-refractivity contribution in [2.24, 2.45) is 5.73 Å². The minimum absolute atomic E-state index is 0.227.